The fourth-order valence-corrected chi connectivity index (χ4v) is 2.16. The van der Waals surface area contributed by atoms with Gasteiger partial charge in [0.2, 0.25) is 0 Å². The fourth-order valence-electron chi connectivity index (χ4n) is 1.80. The number of hydrogen-bond acceptors (Lipinski definition) is 10. The molecule has 0 atom stereocenters. The lowest BCUT2D eigenvalue weighted by atomic mass is 10.3. The van der Waals surface area contributed by atoms with E-state index >= 15 is 0 Å². The van der Waals surface area contributed by atoms with Crippen LogP contribution in [0.3, 0.4) is 0 Å². The summed E-state index contributed by atoms with van der Waals surface area (Å²) in [5, 5.41) is 0. The second-order valence-corrected chi connectivity index (χ2v) is 7.68. The van der Waals surface area contributed by atoms with Crippen molar-refractivity contribution in [1.29, 1.82) is 0 Å². The van der Waals surface area contributed by atoms with E-state index in [2.05, 4.69) is 28.3 Å². The molecule has 0 aromatic heterocycles. The molecule has 0 unspecified atom stereocenters. The first-order chi connectivity index (χ1) is 14.8. The Hall–Kier alpha value is -0.200. The molecule has 31 heavy (non-hydrogen) atoms. The van der Waals surface area contributed by atoms with E-state index in [-0.39, 0.29) is 0 Å². The predicted octanol–water partition coefficient (Wildman–Crippen LogP) is -3.49. The van der Waals surface area contributed by atoms with Gasteiger partial charge in [-0.05, 0) is 46.9 Å². The van der Waals surface area contributed by atoms with E-state index in [0.29, 0.717) is 79.3 Å². The van der Waals surface area contributed by atoms with E-state index in [0.717, 1.165) is 5.69 Å². The van der Waals surface area contributed by atoms with Crippen LogP contribution in [0.2, 0.25) is 0 Å². The molecule has 0 bridgehead atoms. The van der Waals surface area contributed by atoms with E-state index < -0.39 is 10.2 Å². The van der Waals surface area contributed by atoms with Crippen molar-refractivity contribution < 1.29 is 63.0 Å². The van der Waals surface area contributed by atoms with E-state index in [4.69, 9.17) is 47.1 Å². The van der Waals surface area contributed by atoms with Gasteiger partial charge < -0.3 is 34.2 Å². The third kappa shape index (κ3) is 29.8. The molecule has 1 aromatic carbocycles. The highest BCUT2D eigenvalue weighted by Crippen LogP contribution is 2.05. The Balaban J connectivity index is 0.000000566. The van der Waals surface area contributed by atoms with Crippen LogP contribution < -0.4 is 24.4 Å². The van der Waals surface area contributed by atoms with Crippen molar-refractivity contribution in [2.75, 3.05) is 79.3 Å². The number of benzene rings is 1. The SMILES string of the molecule is C1COCCOCCOCCOCCOCCO1.[NH3+]c1ccc(I)cc1.[O-][Cl+3]([O-])([O-])[O-]. The molecule has 1 saturated heterocycles. The van der Waals surface area contributed by atoms with Crippen molar-refractivity contribution in [3.63, 3.8) is 0 Å². The Labute approximate surface area is 198 Å². The molecule has 1 aromatic rings. The normalized spacial score (nSPS) is 18.3. The summed E-state index contributed by atoms with van der Waals surface area (Å²) in [4.78, 5) is 0. The van der Waals surface area contributed by atoms with Gasteiger partial charge in [-0.1, -0.05) is 0 Å². The van der Waals surface area contributed by atoms with Crippen molar-refractivity contribution in [2.24, 2.45) is 0 Å². The topological polar surface area (TPSA) is 175 Å². The van der Waals surface area contributed by atoms with Gasteiger partial charge in [-0.15, -0.1) is 10.2 Å². The lowest BCUT2D eigenvalue weighted by Gasteiger charge is -2.17. The molecule has 0 saturated carbocycles. The Bertz CT molecular complexity index is 405. The van der Waals surface area contributed by atoms with Crippen LogP contribution >= 0.6 is 22.6 Å². The Morgan fingerprint density at radius 3 is 0.903 bits per heavy atom. The van der Waals surface area contributed by atoms with Crippen LogP contribution in [-0.4, -0.2) is 79.3 Å². The number of hydrogen-bond donors (Lipinski definition) is 1. The maximum atomic E-state index is 8.49. The molecule has 0 radical (unpaired) electrons. The van der Waals surface area contributed by atoms with Gasteiger partial charge in [0, 0.05) is 3.57 Å². The molecule has 13 heteroatoms. The van der Waals surface area contributed by atoms with Crippen molar-refractivity contribution in [2.45, 2.75) is 0 Å². The standard InChI is InChI=1S/C12H24O6.C6H6IN.ClHO4/c1-2-14-5-6-16-9-10-18-12-11-17-8-7-15-4-3-13-1;7-5-1-3-6(8)4-2-5;2-1(3,4)5/h1-12H2;1-4H,8H2;(H,2,3,4,5). The summed E-state index contributed by atoms with van der Waals surface area (Å²) < 4.78 is 67.2. The van der Waals surface area contributed by atoms with Crippen LogP contribution in [0.1, 0.15) is 0 Å². The third-order valence-corrected chi connectivity index (χ3v) is 3.86. The molecular formula is C18H31ClINO10. The van der Waals surface area contributed by atoms with Crippen LogP contribution in [-0.2, 0) is 28.4 Å². The molecule has 1 fully saturated rings. The minimum atomic E-state index is -4.94. The molecule has 1 aliphatic heterocycles. The largest absolute Gasteiger partial charge is 0.377 e. The summed E-state index contributed by atoms with van der Waals surface area (Å²) in [5.74, 6) is 0. The fraction of sp³-hybridized carbons (Fsp3) is 0.667. The molecule has 11 nitrogen and oxygen atoms in total. The number of quaternary nitrogens is 1. The summed E-state index contributed by atoms with van der Waals surface area (Å²) in [6, 6.07) is 8.09. The predicted molar refractivity (Wildman–Crippen MR) is 107 cm³/mol. The highest BCUT2D eigenvalue weighted by Gasteiger charge is 1.95. The van der Waals surface area contributed by atoms with Crippen LogP contribution in [0.4, 0.5) is 5.69 Å². The highest BCUT2D eigenvalue weighted by atomic mass is 127. The monoisotopic (exact) mass is 583 g/mol. The van der Waals surface area contributed by atoms with Gasteiger partial charge in [-0.25, -0.2) is 18.6 Å². The lowest BCUT2D eigenvalue weighted by Crippen LogP contribution is -2.68. The van der Waals surface area contributed by atoms with Crippen LogP contribution in [0.25, 0.3) is 0 Å². The summed E-state index contributed by atoms with van der Waals surface area (Å²) in [5.41, 5.74) is 4.83. The zero-order valence-corrected chi connectivity index (χ0v) is 20.3. The van der Waals surface area contributed by atoms with Gasteiger partial charge in [0.15, 0.2) is 0 Å². The molecule has 0 spiro atoms. The molecule has 1 heterocycles. The van der Waals surface area contributed by atoms with E-state index in [1.54, 1.807) is 0 Å². The third-order valence-electron chi connectivity index (χ3n) is 3.15. The van der Waals surface area contributed by atoms with Crippen LogP contribution in [0.15, 0.2) is 24.3 Å². The number of halogens is 2. The van der Waals surface area contributed by atoms with Gasteiger partial charge in [0.05, 0.1) is 79.3 Å². The molecule has 1 aliphatic rings. The van der Waals surface area contributed by atoms with Gasteiger partial charge in [-0.2, -0.15) is 0 Å². The summed E-state index contributed by atoms with van der Waals surface area (Å²) >= 11 is 2.27. The minimum Gasteiger partial charge on any atom is -0.377 e. The van der Waals surface area contributed by atoms with Crippen molar-refractivity contribution >= 4 is 28.3 Å². The van der Waals surface area contributed by atoms with Gasteiger partial charge in [0.25, 0.3) is 0 Å². The first-order valence-electron chi connectivity index (χ1n) is 9.45. The zero-order chi connectivity index (χ0) is 23.2. The second-order valence-electron chi connectivity index (χ2n) is 5.68. The number of rotatable bonds is 0. The van der Waals surface area contributed by atoms with Crippen molar-refractivity contribution in [1.82, 2.24) is 0 Å². The maximum absolute atomic E-state index is 8.49. The molecule has 182 valence electrons. The summed E-state index contributed by atoms with van der Waals surface area (Å²) in [6.07, 6.45) is 0. The van der Waals surface area contributed by atoms with E-state index in [9.17, 15) is 0 Å². The van der Waals surface area contributed by atoms with E-state index in [1.165, 1.54) is 3.57 Å². The smallest absolute Gasteiger partial charge is 0.127 e. The van der Waals surface area contributed by atoms with Crippen LogP contribution in [0, 0.1) is 13.8 Å². The van der Waals surface area contributed by atoms with Gasteiger partial charge in [0.1, 0.15) is 5.69 Å². The quantitative estimate of drug-likeness (QED) is 0.302. The Morgan fingerprint density at radius 1 is 0.548 bits per heavy atom. The lowest BCUT2D eigenvalue weighted by molar-refractivity contribution is -2.00. The Kier molecular flexibility index (Phi) is 21.5. The van der Waals surface area contributed by atoms with Crippen molar-refractivity contribution in [3.05, 3.63) is 27.8 Å². The van der Waals surface area contributed by atoms with Gasteiger partial charge >= 0.3 is 0 Å². The summed E-state index contributed by atoms with van der Waals surface area (Å²) in [7, 11) is -4.94. The first kappa shape index (κ1) is 30.8. The second kappa shape index (κ2) is 21.6. The first-order valence-corrected chi connectivity index (χ1v) is 11.8. The molecule has 3 N–H and O–H groups in total. The van der Waals surface area contributed by atoms with Gasteiger partial charge in [-0.3, -0.25) is 0 Å². The molecule has 2 rings (SSSR count). The highest BCUT2D eigenvalue weighted by molar-refractivity contribution is 14.1. The number of ether oxygens (including phenoxy) is 6. The average Bonchev–Trinajstić information content (AvgIpc) is 2.70. The minimum absolute atomic E-state index is 0.586. The van der Waals surface area contributed by atoms with Crippen LogP contribution in [0.5, 0.6) is 0 Å². The Morgan fingerprint density at radius 2 is 0.742 bits per heavy atom. The molecular weight excluding hydrogens is 553 g/mol. The summed E-state index contributed by atoms with van der Waals surface area (Å²) in [6.45, 7) is 7.04. The molecule has 0 amide bonds. The van der Waals surface area contributed by atoms with Crippen molar-refractivity contribution in [3.8, 4) is 0 Å². The van der Waals surface area contributed by atoms with E-state index in [1.807, 2.05) is 24.3 Å². The maximum Gasteiger partial charge on any atom is 0.127 e. The molecule has 0 aliphatic carbocycles. The average molecular weight is 584 g/mol. The zero-order valence-electron chi connectivity index (χ0n) is 17.3.